The van der Waals surface area contributed by atoms with Crippen molar-refractivity contribution in [1.82, 2.24) is 9.55 Å². The Morgan fingerprint density at radius 1 is 1.22 bits per heavy atom. The number of hydrogen-bond acceptors (Lipinski definition) is 2. The number of aromatic nitrogens is 2. The lowest BCUT2D eigenvalue weighted by molar-refractivity contribution is 0.113. The second kappa shape index (κ2) is 7.14. The number of nitrogens with zero attached hydrogens (tertiary/aromatic N) is 2. The molecule has 0 atom stereocenters. The summed E-state index contributed by atoms with van der Waals surface area (Å²) in [4.78, 5) is 4.34. The molecule has 1 aliphatic carbocycles. The molecule has 0 saturated heterocycles. The highest BCUT2D eigenvalue weighted by molar-refractivity contribution is 5.63. The maximum atomic E-state index is 5.80. The number of benzene rings is 1. The molecule has 0 saturated carbocycles. The highest BCUT2D eigenvalue weighted by atomic mass is 16.5. The lowest BCUT2D eigenvalue weighted by Gasteiger charge is -2.28. The van der Waals surface area contributed by atoms with Crippen molar-refractivity contribution in [2.45, 2.75) is 46.3 Å². The third-order valence-corrected chi connectivity index (χ3v) is 4.60. The van der Waals surface area contributed by atoms with Crippen LogP contribution in [0.5, 0.6) is 0 Å². The largest absolute Gasteiger partial charge is 0.375 e. The average Bonchev–Trinajstić information content (AvgIpc) is 3.01. The Hall–Kier alpha value is -1.87. The SMILES string of the molecule is CC1(C)CC=C(c2cncn2CCOCc2ccccc2)CC1. The number of allylic oxidation sites excluding steroid dienone is 2. The van der Waals surface area contributed by atoms with E-state index in [0.29, 0.717) is 18.6 Å². The van der Waals surface area contributed by atoms with E-state index in [0.717, 1.165) is 19.4 Å². The third-order valence-electron chi connectivity index (χ3n) is 4.60. The van der Waals surface area contributed by atoms with Gasteiger partial charge in [-0.3, -0.25) is 0 Å². The Bertz CT molecular complexity index is 655. The number of imidazole rings is 1. The first-order valence-corrected chi connectivity index (χ1v) is 8.45. The first-order chi connectivity index (χ1) is 11.1. The topological polar surface area (TPSA) is 27.1 Å². The predicted octanol–water partition coefficient (Wildman–Crippen LogP) is 4.69. The van der Waals surface area contributed by atoms with E-state index in [9.17, 15) is 0 Å². The second-order valence-corrected chi connectivity index (χ2v) is 7.11. The van der Waals surface area contributed by atoms with E-state index in [2.05, 4.69) is 41.6 Å². The van der Waals surface area contributed by atoms with Crippen LogP contribution in [0.25, 0.3) is 5.57 Å². The van der Waals surface area contributed by atoms with Gasteiger partial charge in [-0.05, 0) is 35.8 Å². The van der Waals surface area contributed by atoms with E-state index in [4.69, 9.17) is 4.74 Å². The van der Waals surface area contributed by atoms with Gasteiger partial charge >= 0.3 is 0 Å². The van der Waals surface area contributed by atoms with Crippen LogP contribution in [0, 0.1) is 5.41 Å². The summed E-state index contributed by atoms with van der Waals surface area (Å²) in [5.74, 6) is 0. The molecule has 1 aromatic heterocycles. The van der Waals surface area contributed by atoms with Crippen molar-refractivity contribution in [1.29, 1.82) is 0 Å². The molecular formula is C20H26N2O. The Morgan fingerprint density at radius 3 is 2.78 bits per heavy atom. The van der Waals surface area contributed by atoms with Crippen LogP contribution in [-0.4, -0.2) is 16.2 Å². The van der Waals surface area contributed by atoms with E-state index in [1.807, 2.05) is 30.7 Å². The Kier molecular flexibility index (Phi) is 4.97. The standard InChI is InChI=1S/C20H26N2O/c1-20(2)10-8-18(9-11-20)19-14-21-16-22(19)12-13-23-15-17-6-4-3-5-7-17/h3-8,14,16H,9-13,15H2,1-2H3. The van der Waals surface area contributed by atoms with E-state index >= 15 is 0 Å². The summed E-state index contributed by atoms with van der Waals surface area (Å²) in [6.07, 6.45) is 9.83. The molecule has 0 spiro atoms. The molecule has 0 aliphatic heterocycles. The fourth-order valence-corrected chi connectivity index (χ4v) is 3.00. The van der Waals surface area contributed by atoms with Crippen molar-refractivity contribution in [3.05, 3.63) is 60.2 Å². The first kappa shape index (κ1) is 16.0. The summed E-state index contributed by atoms with van der Waals surface area (Å²) in [7, 11) is 0. The fraction of sp³-hybridized carbons (Fsp3) is 0.450. The predicted molar refractivity (Wildman–Crippen MR) is 93.9 cm³/mol. The van der Waals surface area contributed by atoms with Gasteiger partial charge in [0.1, 0.15) is 0 Å². The van der Waals surface area contributed by atoms with Crippen LogP contribution in [0.1, 0.15) is 44.4 Å². The average molecular weight is 310 g/mol. The van der Waals surface area contributed by atoms with Gasteiger partial charge in [0.15, 0.2) is 0 Å². The van der Waals surface area contributed by atoms with E-state index < -0.39 is 0 Å². The van der Waals surface area contributed by atoms with Crippen molar-refractivity contribution in [3.63, 3.8) is 0 Å². The molecule has 2 aromatic rings. The van der Waals surface area contributed by atoms with Crippen LogP contribution in [0.3, 0.4) is 0 Å². The van der Waals surface area contributed by atoms with Gasteiger partial charge in [0.05, 0.1) is 31.4 Å². The second-order valence-electron chi connectivity index (χ2n) is 7.11. The van der Waals surface area contributed by atoms with Crippen molar-refractivity contribution < 1.29 is 4.74 Å². The zero-order chi connectivity index (χ0) is 16.1. The summed E-state index contributed by atoms with van der Waals surface area (Å²) in [5.41, 5.74) is 4.34. The molecular weight excluding hydrogens is 284 g/mol. The Balaban J connectivity index is 1.54. The number of hydrogen-bond donors (Lipinski definition) is 0. The molecule has 23 heavy (non-hydrogen) atoms. The van der Waals surface area contributed by atoms with E-state index in [-0.39, 0.29) is 0 Å². The maximum Gasteiger partial charge on any atom is 0.0951 e. The highest BCUT2D eigenvalue weighted by Gasteiger charge is 2.23. The van der Waals surface area contributed by atoms with Gasteiger partial charge in [-0.1, -0.05) is 50.3 Å². The van der Waals surface area contributed by atoms with Gasteiger partial charge in [0, 0.05) is 6.54 Å². The molecule has 0 bridgehead atoms. The van der Waals surface area contributed by atoms with Crippen molar-refractivity contribution in [2.75, 3.05) is 6.61 Å². The molecule has 0 unspecified atom stereocenters. The summed E-state index contributed by atoms with van der Waals surface area (Å²) in [5, 5.41) is 0. The van der Waals surface area contributed by atoms with Gasteiger partial charge in [-0.25, -0.2) is 4.98 Å². The molecule has 0 radical (unpaired) electrons. The monoisotopic (exact) mass is 310 g/mol. The summed E-state index contributed by atoms with van der Waals surface area (Å²) < 4.78 is 8.02. The molecule has 3 nitrogen and oxygen atoms in total. The minimum atomic E-state index is 0.438. The van der Waals surface area contributed by atoms with Crippen molar-refractivity contribution >= 4 is 5.57 Å². The highest BCUT2D eigenvalue weighted by Crippen LogP contribution is 2.37. The van der Waals surface area contributed by atoms with Gasteiger partial charge in [-0.2, -0.15) is 0 Å². The normalized spacial score (nSPS) is 17.0. The van der Waals surface area contributed by atoms with E-state index in [1.54, 1.807) is 0 Å². The molecule has 122 valence electrons. The third kappa shape index (κ3) is 4.32. The smallest absolute Gasteiger partial charge is 0.0951 e. The van der Waals surface area contributed by atoms with Crippen LogP contribution in [-0.2, 0) is 17.9 Å². The summed E-state index contributed by atoms with van der Waals surface area (Å²) in [6.45, 7) is 6.91. The number of rotatable bonds is 6. The lowest BCUT2D eigenvalue weighted by atomic mass is 9.78. The van der Waals surface area contributed by atoms with Gasteiger partial charge in [0.2, 0.25) is 0 Å². The van der Waals surface area contributed by atoms with E-state index in [1.165, 1.54) is 23.3 Å². The van der Waals surface area contributed by atoms with Crippen molar-refractivity contribution in [3.8, 4) is 0 Å². The molecule has 0 amide bonds. The molecule has 1 aromatic carbocycles. The molecule has 3 rings (SSSR count). The quantitative estimate of drug-likeness (QED) is 0.724. The molecule has 0 fully saturated rings. The zero-order valence-electron chi connectivity index (χ0n) is 14.2. The van der Waals surface area contributed by atoms with Crippen LogP contribution >= 0.6 is 0 Å². The molecule has 3 heteroatoms. The molecule has 1 aliphatic rings. The van der Waals surface area contributed by atoms with Gasteiger partial charge in [-0.15, -0.1) is 0 Å². The van der Waals surface area contributed by atoms with Crippen LogP contribution in [0.15, 0.2) is 48.9 Å². The fourth-order valence-electron chi connectivity index (χ4n) is 3.00. The van der Waals surface area contributed by atoms with Gasteiger partial charge < -0.3 is 9.30 Å². The van der Waals surface area contributed by atoms with Crippen LogP contribution in [0.4, 0.5) is 0 Å². The van der Waals surface area contributed by atoms with Crippen LogP contribution < -0.4 is 0 Å². The maximum absolute atomic E-state index is 5.80. The first-order valence-electron chi connectivity index (χ1n) is 8.45. The van der Waals surface area contributed by atoms with Crippen LogP contribution in [0.2, 0.25) is 0 Å². The van der Waals surface area contributed by atoms with Gasteiger partial charge in [0.25, 0.3) is 0 Å². The minimum Gasteiger partial charge on any atom is -0.375 e. The number of ether oxygens (including phenoxy) is 1. The summed E-state index contributed by atoms with van der Waals surface area (Å²) >= 11 is 0. The molecule has 1 heterocycles. The Morgan fingerprint density at radius 2 is 2.04 bits per heavy atom. The van der Waals surface area contributed by atoms with Crippen molar-refractivity contribution in [2.24, 2.45) is 5.41 Å². The summed E-state index contributed by atoms with van der Waals surface area (Å²) in [6, 6.07) is 10.3. The molecule has 0 N–H and O–H groups in total. The minimum absolute atomic E-state index is 0.438. The lowest BCUT2D eigenvalue weighted by Crippen LogP contribution is -2.15. The Labute approximate surface area is 139 Å². The zero-order valence-corrected chi connectivity index (χ0v) is 14.2.